The van der Waals surface area contributed by atoms with E-state index >= 15 is 0 Å². The van der Waals surface area contributed by atoms with Crippen LogP contribution < -0.4 is 0 Å². The number of nitrogens with zero attached hydrogens (tertiary/aromatic N) is 4. The summed E-state index contributed by atoms with van der Waals surface area (Å²) < 4.78 is 2.30. The van der Waals surface area contributed by atoms with E-state index in [4.69, 9.17) is 26.6 Å². The molecule has 0 aliphatic carbocycles. The van der Waals surface area contributed by atoms with Crippen molar-refractivity contribution in [1.82, 2.24) is 19.5 Å². The molecule has 5 heteroatoms. The quantitative estimate of drug-likeness (QED) is 0.239. The largest absolute Gasteiger partial charge is 0.309 e. The van der Waals surface area contributed by atoms with Crippen LogP contribution in [0, 0.1) is 0 Å². The SMILES string of the molecule is Clc1cccc(-c2nc(-c3ccccc3)nc(-c3ccc4c5ccccc5n(-c5ccccc5)c4c3)n2)c1. The van der Waals surface area contributed by atoms with E-state index in [0.717, 1.165) is 33.4 Å². The Bertz CT molecular complexity index is 1930. The van der Waals surface area contributed by atoms with Gasteiger partial charge in [-0.25, -0.2) is 15.0 Å². The summed E-state index contributed by atoms with van der Waals surface area (Å²) in [7, 11) is 0. The van der Waals surface area contributed by atoms with E-state index in [1.807, 2.05) is 60.7 Å². The van der Waals surface area contributed by atoms with E-state index in [9.17, 15) is 0 Å². The molecule has 7 aromatic rings. The third-order valence-electron chi connectivity index (χ3n) is 6.70. The van der Waals surface area contributed by atoms with Crippen LogP contribution in [0.5, 0.6) is 0 Å². The van der Waals surface area contributed by atoms with Crippen molar-refractivity contribution in [2.24, 2.45) is 0 Å². The summed E-state index contributed by atoms with van der Waals surface area (Å²) in [4.78, 5) is 14.7. The predicted molar refractivity (Wildman–Crippen MR) is 155 cm³/mol. The van der Waals surface area contributed by atoms with E-state index in [0.29, 0.717) is 22.5 Å². The second-order valence-corrected chi connectivity index (χ2v) is 9.54. The molecule has 0 saturated carbocycles. The molecular formula is C33H21ClN4. The number of para-hydroxylation sites is 2. The zero-order valence-electron chi connectivity index (χ0n) is 20.3. The predicted octanol–water partition coefficient (Wildman–Crippen LogP) is 8.62. The van der Waals surface area contributed by atoms with Crippen LogP contribution >= 0.6 is 11.6 Å². The zero-order chi connectivity index (χ0) is 25.5. The van der Waals surface area contributed by atoms with Gasteiger partial charge in [-0.15, -0.1) is 0 Å². The van der Waals surface area contributed by atoms with Gasteiger partial charge in [0, 0.05) is 38.2 Å². The van der Waals surface area contributed by atoms with Crippen molar-refractivity contribution in [2.75, 3.05) is 0 Å². The first-order valence-corrected chi connectivity index (χ1v) is 12.8. The molecule has 0 atom stereocenters. The average Bonchev–Trinajstić information content (AvgIpc) is 3.31. The van der Waals surface area contributed by atoms with Gasteiger partial charge in [0.05, 0.1) is 11.0 Å². The van der Waals surface area contributed by atoms with Gasteiger partial charge in [0.15, 0.2) is 17.5 Å². The van der Waals surface area contributed by atoms with Gasteiger partial charge in [-0.05, 0) is 36.4 Å². The minimum absolute atomic E-state index is 0.583. The van der Waals surface area contributed by atoms with Crippen LogP contribution in [-0.2, 0) is 0 Å². The molecule has 0 fully saturated rings. The molecule has 0 saturated heterocycles. The number of fused-ring (bicyclic) bond motifs is 3. The normalized spacial score (nSPS) is 11.3. The van der Waals surface area contributed by atoms with Gasteiger partial charge < -0.3 is 4.57 Å². The maximum Gasteiger partial charge on any atom is 0.164 e. The Morgan fingerprint density at radius 3 is 1.76 bits per heavy atom. The Hall–Kier alpha value is -4.80. The first kappa shape index (κ1) is 22.4. The molecule has 0 bridgehead atoms. The van der Waals surface area contributed by atoms with Crippen molar-refractivity contribution in [3.8, 4) is 39.9 Å². The standard InChI is InChI=1S/C33H21ClN4/c34-25-13-9-12-23(20-25)32-35-31(22-10-3-1-4-11-22)36-33(37-32)24-18-19-28-27-16-7-8-17-29(27)38(30(28)21-24)26-14-5-2-6-15-26/h1-21H. The summed E-state index contributed by atoms with van der Waals surface area (Å²) in [6, 6.07) is 43.0. The molecule has 0 spiro atoms. The number of hydrogen-bond donors (Lipinski definition) is 0. The summed E-state index contributed by atoms with van der Waals surface area (Å²) in [5, 5.41) is 3.03. The van der Waals surface area contributed by atoms with Gasteiger partial charge in [-0.2, -0.15) is 0 Å². The molecule has 7 rings (SSSR count). The van der Waals surface area contributed by atoms with Crippen LogP contribution in [0.4, 0.5) is 0 Å². The van der Waals surface area contributed by atoms with Crippen LogP contribution in [-0.4, -0.2) is 19.5 Å². The molecular weight excluding hydrogens is 488 g/mol. The summed E-state index contributed by atoms with van der Waals surface area (Å²) in [5.74, 6) is 1.81. The Morgan fingerprint density at radius 2 is 1.03 bits per heavy atom. The van der Waals surface area contributed by atoms with Crippen LogP contribution in [0.25, 0.3) is 61.7 Å². The van der Waals surface area contributed by atoms with Crippen molar-refractivity contribution in [3.63, 3.8) is 0 Å². The highest BCUT2D eigenvalue weighted by atomic mass is 35.5. The number of benzene rings is 5. The molecule has 0 N–H and O–H groups in total. The van der Waals surface area contributed by atoms with Gasteiger partial charge in [-0.3, -0.25) is 0 Å². The molecule has 5 aromatic carbocycles. The lowest BCUT2D eigenvalue weighted by molar-refractivity contribution is 1.07. The Labute approximate surface area is 224 Å². The molecule has 0 radical (unpaired) electrons. The molecule has 0 amide bonds. The molecule has 38 heavy (non-hydrogen) atoms. The lowest BCUT2D eigenvalue weighted by Gasteiger charge is -2.10. The highest BCUT2D eigenvalue weighted by Crippen LogP contribution is 2.35. The van der Waals surface area contributed by atoms with E-state index in [2.05, 4.69) is 71.3 Å². The second-order valence-electron chi connectivity index (χ2n) is 9.10. The third-order valence-corrected chi connectivity index (χ3v) is 6.93. The third kappa shape index (κ3) is 3.92. The molecule has 0 aliphatic rings. The van der Waals surface area contributed by atoms with E-state index in [-0.39, 0.29) is 0 Å². The first-order valence-electron chi connectivity index (χ1n) is 12.4. The van der Waals surface area contributed by atoms with Crippen molar-refractivity contribution in [3.05, 3.63) is 132 Å². The lowest BCUT2D eigenvalue weighted by atomic mass is 10.1. The monoisotopic (exact) mass is 508 g/mol. The van der Waals surface area contributed by atoms with Gasteiger partial charge in [-0.1, -0.05) is 103 Å². The van der Waals surface area contributed by atoms with E-state index in [1.165, 1.54) is 10.8 Å². The highest BCUT2D eigenvalue weighted by Gasteiger charge is 2.16. The smallest absolute Gasteiger partial charge is 0.164 e. The molecule has 4 nitrogen and oxygen atoms in total. The average molecular weight is 509 g/mol. The van der Waals surface area contributed by atoms with Gasteiger partial charge in [0.1, 0.15) is 0 Å². The van der Waals surface area contributed by atoms with E-state index < -0.39 is 0 Å². The molecule has 0 unspecified atom stereocenters. The molecule has 180 valence electrons. The molecule has 0 aliphatic heterocycles. The number of rotatable bonds is 4. The summed E-state index contributed by atoms with van der Waals surface area (Å²) in [6.07, 6.45) is 0. The van der Waals surface area contributed by atoms with Crippen LogP contribution in [0.3, 0.4) is 0 Å². The second kappa shape index (κ2) is 9.25. The highest BCUT2D eigenvalue weighted by molar-refractivity contribution is 6.30. The number of aromatic nitrogens is 4. The van der Waals surface area contributed by atoms with Crippen LogP contribution in [0.2, 0.25) is 5.02 Å². The van der Waals surface area contributed by atoms with Crippen molar-refractivity contribution >= 4 is 33.4 Å². The number of hydrogen-bond acceptors (Lipinski definition) is 3. The summed E-state index contributed by atoms with van der Waals surface area (Å²) in [5.41, 5.74) is 6.06. The Morgan fingerprint density at radius 1 is 0.447 bits per heavy atom. The van der Waals surface area contributed by atoms with Crippen molar-refractivity contribution in [2.45, 2.75) is 0 Å². The van der Waals surface area contributed by atoms with Gasteiger partial charge in [0.25, 0.3) is 0 Å². The minimum Gasteiger partial charge on any atom is -0.309 e. The first-order chi connectivity index (χ1) is 18.7. The van der Waals surface area contributed by atoms with E-state index in [1.54, 1.807) is 0 Å². The summed E-state index contributed by atoms with van der Waals surface area (Å²) >= 11 is 6.31. The van der Waals surface area contributed by atoms with Crippen molar-refractivity contribution in [1.29, 1.82) is 0 Å². The van der Waals surface area contributed by atoms with Gasteiger partial charge in [0.2, 0.25) is 0 Å². The fourth-order valence-corrected chi connectivity index (χ4v) is 5.13. The Kier molecular flexibility index (Phi) is 5.46. The summed E-state index contributed by atoms with van der Waals surface area (Å²) in [6.45, 7) is 0. The zero-order valence-corrected chi connectivity index (χ0v) is 21.0. The molecule has 2 heterocycles. The Balaban J connectivity index is 1.48. The van der Waals surface area contributed by atoms with Crippen LogP contribution in [0.1, 0.15) is 0 Å². The fraction of sp³-hybridized carbons (Fsp3) is 0. The van der Waals surface area contributed by atoms with Gasteiger partial charge >= 0.3 is 0 Å². The minimum atomic E-state index is 0.583. The molecule has 2 aromatic heterocycles. The fourth-order valence-electron chi connectivity index (χ4n) is 4.94. The lowest BCUT2D eigenvalue weighted by Crippen LogP contribution is -2.00. The maximum absolute atomic E-state index is 6.31. The van der Waals surface area contributed by atoms with Crippen LogP contribution in [0.15, 0.2) is 127 Å². The number of halogens is 1. The topological polar surface area (TPSA) is 43.6 Å². The van der Waals surface area contributed by atoms with Crippen molar-refractivity contribution < 1.29 is 0 Å². The maximum atomic E-state index is 6.31.